The Labute approximate surface area is 70.8 Å². The fourth-order valence-electron chi connectivity index (χ4n) is 1.34. The molecule has 0 aliphatic carbocycles. The minimum atomic E-state index is -1.02. The molecule has 5 N–H and O–H groups in total. The number of hydrogen-bond acceptors (Lipinski definition) is 5. The summed E-state index contributed by atoms with van der Waals surface area (Å²) in [5.74, 6) is 0. The summed E-state index contributed by atoms with van der Waals surface area (Å²) in [6.45, 7) is 1.39. The third-order valence-electron chi connectivity index (χ3n) is 2.22. The molecule has 0 saturated carbocycles. The van der Waals surface area contributed by atoms with Gasteiger partial charge >= 0.3 is 0 Å². The number of aliphatic hydroxyl groups is 3. The van der Waals surface area contributed by atoms with Crippen molar-refractivity contribution < 1.29 is 20.1 Å². The van der Waals surface area contributed by atoms with Gasteiger partial charge in [-0.15, -0.1) is 0 Å². The summed E-state index contributed by atoms with van der Waals surface area (Å²) in [4.78, 5) is 0. The lowest BCUT2D eigenvalue weighted by Crippen LogP contribution is -2.61. The third-order valence-corrected chi connectivity index (χ3v) is 2.22. The van der Waals surface area contributed by atoms with Crippen molar-refractivity contribution >= 4 is 0 Å². The van der Waals surface area contributed by atoms with Crippen molar-refractivity contribution in [2.75, 3.05) is 6.61 Å². The summed E-state index contributed by atoms with van der Waals surface area (Å²) < 4.78 is 5.15. The van der Waals surface area contributed by atoms with Gasteiger partial charge in [-0.05, 0) is 6.92 Å². The molecule has 1 fully saturated rings. The van der Waals surface area contributed by atoms with E-state index in [0.29, 0.717) is 0 Å². The Hall–Kier alpha value is -0.200. The van der Waals surface area contributed by atoms with E-state index in [4.69, 9.17) is 15.6 Å². The average molecular weight is 177 g/mol. The van der Waals surface area contributed by atoms with Crippen LogP contribution in [0.1, 0.15) is 6.92 Å². The Morgan fingerprint density at radius 3 is 2.42 bits per heavy atom. The topological polar surface area (TPSA) is 95.9 Å². The molecule has 0 bridgehead atoms. The predicted molar refractivity (Wildman–Crippen MR) is 41.4 cm³/mol. The van der Waals surface area contributed by atoms with Gasteiger partial charge in [0, 0.05) is 0 Å². The molecule has 1 aliphatic heterocycles. The van der Waals surface area contributed by atoms with Crippen LogP contribution in [0.5, 0.6) is 0 Å². The molecule has 0 aromatic heterocycles. The number of rotatable bonds is 1. The molecule has 1 saturated heterocycles. The van der Waals surface area contributed by atoms with Crippen molar-refractivity contribution in [3.63, 3.8) is 0 Å². The van der Waals surface area contributed by atoms with Gasteiger partial charge in [-0.2, -0.15) is 0 Å². The van der Waals surface area contributed by atoms with Gasteiger partial charge in [0.1, 0.15) is 12.2 Å². The van der Waals surface area contributed by atoms with Crippen LogP contribution in [0.4, 0.5) is 0 Å². The lowest BCUT2D eigenvalue weighted by molar-refractivity contribution is -0.180. The zero-order chi connectivity index (χ0) is 9.30. The molecule has 0 radical (unpaired) electrons. The highest BCUT2D eigenvalue weighted by atomic mass is 16.5. The van der Waals surface area contributed by atoms with Crippen molar-refractivity contribution in [2.45, 2.75) is 37.4 Å². The molecule has 72 valence electrons. The van der Waals surface area contributed by atoms with E-state index in [0.717, 1.165) is 0 Å². The van der Waals surface area contributed by atoms with E-state index in [9.17, 15) is 10.2 Å². The van der Waals surface area contributed by atoms with Gasteiger partial charge in [0.15, 0.2) is 0 Å². The van der Waals surface area contributed by atoms with E-state index in [2.05, 4.69) is 0 Å². The first-order valence-corrected chi connectivity index (χ1v) is 3.96. The Balaban J connectivity index is 2.63. The number of ether oxygens (including phenoxy) is 1. The van der Waals surface area contributed by atoms with E-state index in [1.807, 2.05) is 0 Å². The molecule has 0 aromatic carbocycles. The molecule has 12 heavy (non-hydrogen) atoms. The predicted octanol–water partition coefficient (Wildman–Crippen LogP) is -2.18. The lowest BCUT2D eigenvalue weighted by Gasteiger charge is -2.39. The standard InChI is InChI=1S/C7H15NO4/c1-3-6(10)7(11)5(8)4(2-9)12-3/h3-7,9-11H,2,8H2,1H3/t3-,4?,5?,6?,7?/m1/s1. The van der Waals surface area contributed by atoms with E-state index < -0.39 is 30.5 Å². The molecular weight excluding hydrogens is 162 g/mol. The van der Waals surface area contributed by atoms with Crippen molar-refractivity contribution in [1.82, 2.24) is 0 Å². The minimum absolute atomic E-state index is 0.241. The molecule has 1 rings (SSSR count). The quantitative estimate of drug-likeness (QED) is 0.365. The number of aliphatic hydroxyl groups excluding tert-OH is 3. The average Bonchev–Trinajstić information content (AvgIpc) is 2.08. The van der Waals surface area contributed by atoms with Crippen LogP contribution < -0.4 is 5.73 Å². The minimum Gasteiger partial charge on any atom is -0.394 e. The second-order valence-electron chi connectivity index (χ2n) is 3.12. The summed E-state index contributed by atoms with van der Waals surface area (Å²) >= 11 is 0. The van der Waals surface area contributed by atoms with Crippen LogP contribution in [-0.4, -0.2) is 52.4 Å². The van der Waals surface area contributed by atoms with Gasteiger partial charge in [0.05, 0.1) is 24.9 Å². The van der Waals surface area contributed by atoms with Crippen LogP contribution in [0.15, 0.2) is 0 Å². The third kappa shape index (κ3) is 1.60. The molecule has 5 atom stereocenters. The van der Waals surface area contributed by atoms with Crippen LogP contribution in [0.2, 0.25) is 0 Å². The van der Waals surface area contributed by atoms with Crippen LogP contribution in [0, 0.1) is 0 Å². The molecule has 0 amide bonds. The van der Waals surface area contributed by atoms with Crippen molar-refractivity contribution in [1.29, 1.82) is 0 Å². The van der Waals surface area contributed by atoms with E-state index >= 15 is 0 Å². The van der Waals surface area contributed by atoms with Crippen LogP contribution in [-0.2, 0) is 4.74 Å². The second kappa shape index (κ2) is 3.68. The molecule has 5 heteroatoms. The molecule has 4 unspecified atom stereocenters. The maximum absolute atomic E-state index is 9.35. The van der Waals surface area contributed by atoms with Gasteiger partial charge in [-0.25, -0.2) is 0 Å². The SMILES string of the molecule is C[C@H]1OC(CO)C(N)C(O)C1O. The molecule has 0 aromatic rings. The van der Waals surface area contributed by atoms with E-state index in [1.54, 1.807) is 6.92 Å². The molecule has 5 nitrogen and oxygen atoms in total. The van der Waals surface area contributed by atoms with Crippen molar-refractivity contribution in [3.05, 3.63) is 0 Å². The number of nitrogens with two attached hydrogens (primary N) is 1. The Morgan fingerprint density at radius 1 is 1.33 bits per heavy atom. The highest BCUT2D eigenvalue weighted by Crippen LogP contribution is 2.18. The first-order valence-electron chi connectivity index (χ1n) is 3.96. The van der Waals surface area contributed by atoms with E-state index in [-0.39, 0.29) is 6.61 Å². The summed E-state index contributed by atoms with van der Waals surface area (Å²) in [6, 6.07) is -0.721. The summed E-state index contributed by atoms with van der Waals surface area (Å²) in [5, 5.41) is 27.4. The smallest absolute Gasteiger partial charge is 0.107 e. The monoisotopic (exact) mass is 177 g/mol. The van der Waals surface area contributed by atoms with Crippen LogP contribution in [0.25, 0.3) is 0 Å². The summed E-state index contributed by atoms with van der Waals surface area (Å²) in [5.41, 5.74) is 5.49. The molecular formula is C7H15NO4. The normalized spacial score (nSPS) is 49.2. The fraction of sp³-hybridized carbons (Fsp3) is 1.00. The Morgan fingerprint density at radius 2 is 1.92 bits per heavy atom. The lowest BCUT2D eigenvalue weighted by atomic mass is 9.94. The van der Waals surface area contributed by atoms with Crippen molar-refractivity contribution in [3.8, 4) is 0 Å². The maximum Gasteiger partial charge on any atom is 0.107 e. The van der Waals surface area contributed by atoms with Crippen molar-refractivity contribution in [2.24, 2.45) is 5.73 Å². The fourth-order valence-corrected chi connectivity index (χ4v) is 1.34. The Kier molecular flexibility index (Phi) is 3.03. The van der Waals surface area contributed by atoms with Gasteiger partial charge in [0.25, 0.3) is 0 Å². The molecule has 1 heterocycles. The van der Waals surface area contributed by atoms with Gasteiger partial charge in [-0.1, -0.05) is 0 Å². The summed E-state index contributed by atoms with van der Waals surface area (Å²) in [7, 11) is 0. The van der Waals surface area contributed by atoms with Gasteiger partial charge in [0.2, 0.25) is 0 Å². The second-order valence-corrected chi connectivity index (χ2v) is 3.12. The van der Waals surface area contributed by atoms with E-state index in [1.165, 1.54) is 0 Å². The number of hydrogen-bond donors (Lipinski definition) is 4. The zero-order valence-corrected chi connectivity index (χ0v) is 6.92. The maximum atomic E-state index is 9.35. The largest absolute Gasteiger partial charge is 0.394 e. The van der Waals surface area contributed by atoms with Gasteiger partial charge < -0.3 is 25.8 Å². The first kappa shape index (κ1) is 9.88. The van der Waals surface area contributed by atoms with Gasteiger partial charge in [-0.3, -0.25) is 0 Å². The highest BCUT2D eigenvalue weighted by Gasteiger charge is 2.39. The molecule has 1 aliphatic rings. The first-order chi connectivity index (χ1) is 5.57. The molecule has 0 spiro atoms. The zero-order valence-electron chi connectivity index (χ0n) is 6.92. The van der Waals surface area contributed by atoms with Crippen LogP contribution in [0.3, 0.4) is 0 Å². The highest BCUT2D eigenvalue weighted by molar-refractivity contribution is 4.92. The summed E-state index contributed by atoms with van der Waals surface area (Å²) in [6.07, 6.45) is -3.07. The Bertz CT molecular complexity index is 150. The van der Waals surface area contributed by atoms with Crippen LogP contribution >= 0.6 is 0 Å².